The van der Waals surface area contributed by atoms with E-state index in [1.807, 2.05) is 0 Å². The molecule has 0 saturated carbocycles. The van der Waals surface area contributed by atoms with Crippen LogP contribution < -0.4 is 0 Å². The summed E-state index contributed by atoms with van der Waals surface area (Å²) < 4.78 is 0. The minimum atomic E-state index is 0. The van der Waals surface area contributed by atoms with Crippen LogP contribution in [0.2, 0.25) is 0 Å². The van der Waals surface area contributed by atoms with Crippen molar-refractivity contribution in [2.45, 2.75) is 0 Å². The van der Waals surface area contributed by atoms with E-state index < -0.39 is 0 Å². The van der Waals surface area contributed by atoms with E-state index in [1.54, 1.807) is 0 Å². The van der Waals surface area contributed by atoms with Crippen molar-refractivity contribution in [3.63, 3.8) is 0 Å². The van der Waals surface area contributed by atoms with Gasteiger partial charge in [0.15, 0.2) is 5.34 Å². The molecule has 0 aromatic heterocycles. The van der Waals surface area contributed by atoms with Crippen LogP contribution >= 0.6 is 0 Å². The predicted octanol–water partition coefficient (Wildman–Crippen LogP) is -1.04. The molecule has 0 atom stereocenters. The molecular formula is H4BiNO2. The van der Waals surface area contributed by atoms with Crippen LogP contribution in [0.15, 0.2) is 5.34 Å². The van der Waals surface area contributed by atoms with Crippen molar-refractivity contribution in [2.75, 3.05) is 0 Å². The van der Waals surface area contributed by atoms with Crippen LogP contribution in [0.4, 0.5) is 0 Å². The van der Waals surface area contributed by atoms with Gasteiger partial charge in [0.1, 0.15) is 0 Å². The third-order valence-electron chi connectivity index (χ3n) is 0. The molecule has 4 heteroatoms. The Labute approximate surface area is 42.1 Å². The van der Waals surface area contributed by atoms with Crippen molar-refractivity contribution < 1.29 is 5.21 Å². The molecule has 0 spiro atoms. The Morgan fingerprint density at radius 2 is 1.75 bits per heavy atom. The summed E-state index contributed by atoms with van der Waals surface area (Å²) in [5, 5.41) is 7.89. The Kier molecular flexibility index (Phi) is 23.0. The van der Waals surface area contributed by atoms with Gasteiger partial charge in [-0.25, -0.2) is 0 Å². The molecule has 26 valence electrons. The van der Waals surface area contributed by atoms with Crippen molar-refractivity contribution in [2.24, 2.45) is 5.34 Å². The van der Waals surface area contributed by atoms with Gasteiger partial charge in [-0.05, 0) is 0 Å². The molecule has 0 aromatic carbocycles. The summed E-state index contributed by atoms with van der Waals surface area (Å²) in [6.07, 6.45) is 0. The topological polar surface area (TPSA) is 49.7 Å². The molecule has 1 N–H and O–H groups in total. The van der Waals surface area contributed by atoms with Crippen molar-refractivity contribution >= 4 is 26.2 Å². The summed E-state index contributed by atoms with van der Waals surface area (Å²) in [5.74, 6) is 0. The molecular weight excluding hydrogens is 255 g/mol. The summed E-state index contributed by atoms with van der Waals surface area (Å²) in [5.41, 5.74) is 0. The molecule has 0 heterocycles. The van der Waals surface area contributed by atoms with Crippen LogP contribution in [-0.2, 0) is 0 Å². The second-order valence-corrected chi connectivity index (χ2v) is 0.0816. The molecule has 0 rings (SSSR count). The molecule has 0 aliphatic carbocycles. The zero-order chi connectivity index (χ0) is 2.71. The third-order valence-corrected chi connectivity index (χ3v) is 0. The molecule has 0 saturated heterocycles. The summed E-state index contributed by atoms with van der Waals surface area (Å²) >= 11 is 0. The normalized spacial score (nSPS) is 3.00. The molecule has 0 radical (unpaired) electrons. The maximum absolute atomic E-state index is 8.11. The summed E-state index contributed by atoms with van der Waals surface area (Å²) in [6.45, 7) is 0. The van der Waals surface area contributed by atoms with Gasteiger partial charge in [0.05, 0.1) is 0 Å². The molecule has 4 heavy (non-hydrogen) atoms. The Morgan fingerprint density at radius 1 is 1.75 bits per heavy atom. The quantitative estimate of drug-likeness (QED) is 0.343. The Balaban J connectivity index is 0. The Hall–Kier alpha value is 0.283. The first-order chi connectivity index (χ1) is 1.41. The van der Waals surface area contributed by atoms with Crippen molar-refractivity contribution in [1.29, 1.82) is 0 Å². The third kappa shape index (κ3) is 46.9. The number of hydrogen-bond acceptors (Lipinski definition) is 2. The first kappa shape index (κ1) is 8.86. The fourth-order valence-corrected chi connectivity index (χ4v) is 0. The standard InChI is InChI=1S/Bi.HNO2.3H/c;2-1-3;;;/h;(H,2,3);;;. The first-order valence-electron chi connectivity index (χ1n) is 0.383. The minimum absolute atomic E-state index is 0. The van der Waals surface area contributed by atoms with Gasteiger partial charge in [-0.1, -0.05) is 0 Å². The molecule has 0 aliphatic rings. The van der Waals surface area contributed by atoms with Gasteiger partial charge in [0.25, 0.3) is 0 Å². The van der Waals surface area contributed by atoms with Crippen LogP contribution in [0.5, 0.6) is 0 Å². The van der Waals surface area contributed by atoms with Crippen LogP contribution in [-0.4, -0.2) is 31.4 Å². The van der Waals surface area contributed by atoms with Crippen molar-refractivity contribution in [3.8, 4) is 0 Å². The molecule has 3 nitrogen and oxygen atoms in total. The fourth-order valence-electron chi connectivity index (χ4n) is 0. The molecule has 0 aromatic rings. The van der Waals surface area contributed by atoms with E-state index in [2.05, 4.69) is 0 Å². The Morgan fingerprint density at radius 3 is 1.75 bits per heavy atom. The number of rotatable bonds is 0. The van der Waals surface area contributed by atoms with Gasteiger partial charge >= 0.3 is 26.2 Å². The zero-order valence-corrected chi connectivity index (χ0v) is 7.51. The summed E-state index contributed by atoms with van der Waals surface area (Å²) in [6, 6.07) is 0. The fraction of sp³-hybridized carbons (Fsp3) is 0. The average molecular weight is 259 g/mol. The van der Waals surface area contributed by atoms with E-state index in [1.165, 1.54) is 5.34 Å². The van der Waals surface area contributed by atoms with Crippen molar-refractivity contribution in [1.82, 2.24) is 0 Å². The van der Waals surface area contributed by atoms with E-state index in [-0.39, 0.29) is 26.2 Å². The van der Waals surface area contributed by atoms with E-state index in [9.17, 15) is 0 Å². The second kappa shape index (κ2) is 10.4. The van der Waals surface area contributed by atoms with E-state index in [0.29, 0.717) is 0 Å². The summed E-state index contributed by atoms with van der Waals surface area (Å²) in [4.78, 5) is 8.11. The SMILES string of the molecule is O=NO.[BiH3]. The van der Waals surface area contributed by atoms with E-state index in [4.69, 9.17) is 10.1 Å². The van der Waals surface area contributed by atoms with Gasteiger partial charge in [0.2, 0.25) is 0 Å². The predicted molar refractivity (Wildman–Crippen MR) is 17.5 cm³/mol. The molecule has 0 fully saturated rings. The first-order valence-corrected chi connectivity index (χ1v) is 0.383. The van der Waals surface area contributed by atoms with Gasteiger partial charge < -0.3 is 5.21 Å². The van der Waals surface area contributed by atoms with E-state index in [0.717, 1.165) is 0 Å². The molecule has 0 bridgehead atoms. The van der Waals surface area contributed by atoms with Crippen molar-refractivity contribution in [3.05, 3.63) is 4.91 Å². The summed E-state index contributed by atoms with van der Waals surface area (Å²) in [7, 11) is 0. The van der Waals surface area contributed by atoms with Crippen LogP contribution in [0.1, 0.15) is 0 Å². The van der Waals surface area contributed by atoms with Gasteiger partial charge in [0, 0.05) is 0 Å². The molecule has 0 amide bonds. The monoisotopic (exact) mass is 259 g/mol. The van der Waals surface area contributed by atoms with Gasteiger partial charge in [-0.15, -0.1) is 4.91 Å². The molecule has 0 unspecified atom stereocenters. The van der Waals surface area contributed by atoms with E-state index >= 15 is 0 Å². The number of hydrogen-bond donors (Lipinski definition) is 1. The zero-order valence-electron chi connectivity index (χ0n) is 2.01. The maximum atomic E-state index is 8.11. The second-order valence-electron chi connectivity index (χ2n) is 0.0816. The van der Waals surface area contributed by atoms with Crippen LogP contribution in [0.25, 0.3) is 0 Å². The number of nitrogens with zero attached hydrogens (tertiary/aromatic N) is 1. The Bertz CT molecular complexity index is 13.5. The van der Waals surface area contributed by atoms with Crippen LogP contribution in [0.3, 0.4) is 0 Å². The van der Waals surface area contributed by atoms with Gasteiger partial charge in [-0.3, -0.25) is 0 Å². The average Bonchev–Trinajstić information content (AvgIpc) is 0.918. The van der Waals surface area contributed by atoms with Gasteiger partial charge in [-0.2, -0.15) is 0 Å². The molecule has 0 aliphatic heterocycles. The van der Waals surface area contributed by atoms with Crippen LogP contribution in [0, 0.1) is 4.91 Å².